The Balaban J connectivity index is 0. The number of rotatable bonds is 3. The standard InChI is InChI=1S/C4H7F3O3S.H3N/c1-2-3-10-11(8,9)4(5,6)7;/h2-3H2,1H3;1H3. The maximum Gasteiger partial charge on any atom is 0.523 e. The van der Waals surface area contributed by atoms with Gasteiger partial charge in [0.25, 0.3) is 0 Å². The van der Waals surface area contributed by atoms with Gasteiger partial charge in [0.1, 0.15) is 0 Å². The van der Waals surface area contributed by atoms with Crippen molar-refractivity contribution in [3.63, 3.8) is 0 Å². The lowest BCUT2D eigenvalue weighted by molar-refractivity contribution is -0.0541. The summed E-state index contributed by atoms with van der Waals surface area (Å²) in [5.74, 6) is 0. The molecule has 0 aliphatic carbocycles. The lowest BCUT2D eigenvalue weighted by atomic mass is 10.5. The van der Waals surface area contributed by atoms with Crippen LogP contribution in [0.4, 0.5) is 13.2 Å². The van der Waals surface area contributed by atoms with Crippen molar-refractivity contribution >= 4 is 10.1 Å². The van der Waals surface area contributed by atoms with Crippen molar-refractivity contribution in [3.05, 3.63) is 0 Å². The molecular formula is C4H10F3NO3S. The first kappa shape index (κ1) is 14.2. The predicted molar refractivity (Wildman–Crippen MR) is 36.2 cm³/mol. The fraction of sp³-hybridized carbons (Fsp3) is 1.00. The Hall–Kier alpha value is -0.340. The molecule has 4 nitrogen and oxygen atoms in total. The first-order chi connectivity index (χ1) is 4.81. The predicted octanol–water partition coefficient (Wildman–Crippen LogP) is 1.42. The summed E-state index contributed by atoms with van der Waals surface area (Å²) in [6.45, 7) is 1.06. The van der Waals surface area contributed by atoms with Gasteiger partial charge in [0, 0.05) is 0 Å². The average Bonchev–Trinajstić information content (AvgIpc) is 1.81. The smallest absolute Gasteiger partial charge is 0.344 e. The van der Waals surface area contributed by atoms with E-state index in [0.29, 0.717) is 0 Å². The largest absolute Gasteiger partial charge is 0.523 e. The summed E-state index contributed by atoms with van der Waals surface area (Å²) >= 11 is 0. The molecule has 0 saturated heterocycles. The first-order valence-corrected chi connectivity index (χ1v) is 4.18. The molecule has 0 atom stereocenters. The first-order valence-electron chi connectivity index (χ1n) is 2.77. The maximum atomic E-state index is 11.4. The van der Waals surface area contributed by atoms with Crippen LogP contribution in [0.2, 0.25) is 0 Å². The van der Waals surface area contributed by atoms with Crippen LogP contribution in [-0.2, 0) is 14.3 Å². The van der Waals surface area contributed by atoms with Gasteiger partial charge in [-0.25, -0.2) is 0 Å². The number of hydrogen-bond donors (Lipinski definition) is 1. The molecule has 0 rings (SSSR count). The number of halogens is 3. The quantitative estimate of drug-likeness (QED) is 0.563. The Morgan fingerprint density at radius 3 is 2.00 bits per heavy atom. The molecule has 0 bridgehead atoms. The lowest BCUT2D eigenvalue weighted by Gasteiger charge is -2.06. The second kappa shape index (κ2) is 4.63. The lowest BCUT2D eigenvalue weighted by Crippen LogP contribution is -2.25. The summed E-state index contributed by atoms with van der Waals surface area (Å²) in [4.78, 5) is 0. The molecule has 0 fully saturated rings. The van der Waals surface area contributed by atoms with Crippen molar-refractivity contribution in [2.75, 3.05) is 6.61 Å². The fourth-order valence-corrected chi connectivity index (χ4v) is 0.780. The highest BCUT2D eigenvalue weighted by atomic mass is 32.2. The van der Waals surface area contributed by atoms with Crippen LogP contribution in [0.1, 0.15) is 13.3 Å². The highest BCUT2D eigenvalue weighted by Crippen LogP contribution is 2.24. The topological polar surface area (TPSA) is 78.4 Å². The molecule has 0 spiro atoms. The summed E-state index contributed by atoms with van der Waals surface area (Å²) in [5, 5.41) is 0. The summed E-state index contributed by atoms with van der Waals surface area (Å²) in [5.41, 5.74) is -5.30. The highest BCUT2D eigenvalue weighted by molar-refractivity contribution is 7.87. The molecule has 0 aromatic carbocycles. The Morgan fingerprint density at radius 1 is 1.33 bits per heavy atom. The summed E-state index contributed by atoms with van der Waals surface area (Å²) in [7, 11) is -5.36. The van der Waals surface area contributed by atoms with Crippen molar-refractivity contribution in [2.24, 2.45) is 0 Å². The molecular weight excluding hydrogens is 199 g/mol. The number of alkyl halides is 3. The van der Waals surface area contributed by atoms with Gasteiger partial charge in [-0.2, -0.15) is 21.6 Å². The Labute approximate surface area is 68.4 Å². The molecule has 0 aliphatic heterocycles. The third-order valence-electron chi connectivity index (χ3n) is 0.726. The minimum Gasteiger partial charge on any atom is -0.344 e. The van der Waals surface area contributed by atoms with Crippen LogP contribution < -0.4 is 6.15 Å². The Bertz CT molecular complexity index is 210. The van der Waals surface area contributed by atoms with E-state index in [1.165, 1.54) is 6.92 Å². The zero-order valence-electron chi connectivity index (χ0n) is 6.39. The van der Waals surface area contributed by atoms with Crippen LogP contribution >= 0.6 is 0 Å². The van der Waals surface area contributed by atoms with Gasteiger partial charge in [-0.05, 0) is 6.42 Å². The van der Waals surface area contributed by atoms with E-state index < -0.39 is 22.2 Å². The summed E-state index contributed by atoms with van der Waals surface area (Å²) in [6, 6.07) is 0. The molecule has 76 valence electrons. The van der Waals surface area contributed by atoms with Crippen molar-refractivity contribution in [3.8, 4) is 0 Å². The third-order valence-corrected chi connectivity index (χ3v) is 1.77. The maximum absolute atomic E-state index is 11.4. The third kappa shape index (κ3) is 3.88. The van der Waals surface area contributed by atoms with E-state index in [1.807, 2.05) is 0 Å². The van der Waals surface area contributed by atoms with Gasteiger partial charge in [0.15, 0.2) is 0 Å². The van der Waals surface area contributed by atoms with E-state index in [0.717, 1.165) is 0 Å². The molecule has 8 heteroatoms. The molecule has 3 N–H and O–H groups in total. The summed E-state index contributed by atoms with van der Waals surface area (Å²) in [6.07, 6.45) is 0.218. The molecule has 12 heavy (non-hydrogen) atoms. The fourth-order valence-electron chi connectivity index (χ4n) is 0.260. The van der Waals surface area contributed by atoms with Crippen LogP contribution in [0.15, 0.2) is 0 Å². The second-order valence-electron chi connectivity index (χ2n) is 1.72. The van der Waals surface area contributed by atoms with Crippen LogP contribution in [0.25, 0.3) is 0 Å². The zero-order valence-corrected chi connectivity index (χ0v) is 7.20. The average molecular weight is 209 g/mol. The van der Waals surface area contributed by atoms with E-state index in [9.17, 15) is 21.6 Å². The molecule has 0 heterocycles. The molecule has 0 amide bonds. The van der Waals surface area contributed by atoms with Gasteiger partial charge >= 0.3 is 15.6 Å². The van der Waals surface area contributed by atoms with Gasteiger partial charge in [-0.15, -0.1) is 0 Å². The van der Waals surface area contributed by atoms with Crippen molar-refractivity contribution < 1.29 is 25.8 Å². The van der Waals surface area contributed by atoms with Crippen molar-refractivity contribution in [1.82, 2.24) is 6.15 Å². The number of hydrogen-bond acceptors (Lipinski definition) is 4. The summed E-state index contributed by atoms with van der Waals surface area (Å²) < 4.78 is 58.0. The highest BCUT2D eigenvalue weighted by Gasteiger charge is 2.47. The SMILES string of the molecule is CCCOS(=O)(=O)C(F)(F)F.N. The van der Waals surface area contributed by atoms with E-state index >= 15 is 0 Å². The van der Waals surface area contributed by atoms with E-state index in [4.69, 9.17) is 0 Å². The van der Waals surface area contributed by atoms with Gasteiger partial charge in [0.2, 0.25) is 0 Å². The molecule has 0 saturated carbocycles. The minimum atomic E-state index is -5.36. The van der Waals surface area contributed by atoms with Crippen molar-refractivity contribution in [2.45, 2.75) is 18.9 Å². The Morgan fingerprint density at radius 2 is 1.75 bits per heavy atom. The van der Waals surface area contributed by atoms with Crippen LogP contribution in [-0.4, -0.2) is 20.5 Å². The monoisotopic (exact) mass is 209 g/mol. The molecule has 0 aliphatic rings. The minimum absolute atomic E-state index is 0. The molecule has 0 radical (unpaired) electrons. The van der Waals surface area contributed by atoms with Crippen molar-refractivity contribution in [1.29, 1.82) is 0 Å². The van der Waals surface area contributed by atoms with Crippen LogP contribution in [0, 0.1) is 0 Å². The van der Waals surface area contributed by atoms with E-state index in [2.05, 4.69) is 4.18 Å². The molecule has 0 aromatic rings. The van der Waals surface area contributed by atoms with Gasteiger partial charge < -0.3 is 6.15 Å². The van der Waals surface area contributed by atoms with Gasteiger partial charge in [0.05, 0.1) is 6.61 Å². The van der Waals surface area contributed by atoms with Gasteiger partial charge in [-0.3, -0.25) is 4.18 Å². The molecule has 0 unspecified atom stereocenters. The second-order valence-corrected chi connectivity index (χ2v) is 3.33. The van der Waals surface area contributed by atoms with E-state index in [1.54, 1.807) is 0 Å². The Kier molecular flexibility index (Phi) is 5.48. The molecule has 0 aromatic heterocycles. The van der Waals surface area contributed by atoms with Crippen LogP contribution in [0.3, 0.4) is 0 Å². The van der Waals surface area contributed by atoms with E-state index in [-0.39, 0.29) is 12.6 Å². The van der Waals surface area contributed by atoms with Crippen LogP contribution in [0.5, 0.6) is 0 Å². The van der Waals surface area contributed by atoms with Gasteiger partial charge in [-0.1, -0.05) is 6.92 Å². The normalized spacial score (nSPS) is 12.3. The zero-order chi connectivity index (χ0) is 9.12.